The average molecular weight is 401 g/mol. The Hall–Kier alpha value is -2.47. The summed E-state index contributed by atoms with van der Waals surface area (Å²) in [5.74, 6) is -0.503. The number of carbonyl (C=O) groups excluding carboxylic acids is 1. The van der Waals surface area contributed by atoms with Gasteiger partial charge in [-0.25, -0.2) is 4.98 Å². The second-order valence-corrected chi connectivity index (χ2v) is 7.82. The lowest BCUT2D eigenvalue weighted by Gasteiger charge is -2.27. The molecule has 1 aromatic rings. The number of azide groups is 1. The topological polar surface area (TPSA) is 99.0 Å². The second kappa shape index (κ2) is 12.1. The fraction of sp³-hybridized carbons (Fsp3) is 0.429. The lowest BCUT2D eigenvalue weighted by atomic mass is 9.85. The predicted octanol–water partition coefficient (Wildman–Crippen LogP) is 5.58. The van der Waals surface area contributed by atoms with Gasteiger partial charge in [-0.15, -0.1) is 17.9 Å². The van der Waals surface area contributed by atoms with E-state index in [1.54, 1.807) is 17.4 Å². The molecule has 0 bridgehead atoms. The molecule has 6 nitrogen and oxygen atoms in total. The first kappa shape index (κ1) is 23.6. The van der Waals surface area contributed by atoms with E-state index in [9.17, 15) is 9.90 Å². The number of aromatic nitrogens is 1. The molecule has 1 atom stereocenters. The maximum Gasteiger partial charge on any atom is 0.219 e. The number of thiazole rings is 1. The van der Waals surface area contributed by atoms with Crippen LogP contribution in [-0.4, -0.2) is 22.1 Å². The number of allylic oxidation sites excluding steroid dienone is 5. The Bertz CT molecular complexity index is 786. The van der Waals surface area contributed by atoms with Crippen molar-refractivity contribution in [3.8, 4) is 0 Å². The SMILES string of the molecule is C=CC/C=C/Cc1csc(C(C)(C)C(O)C/C=C\C(=C)CCC(=O)N=[N+]=[N-])n1. The molecule has 1 rings (SSSR count). The van der Waals surface area contributed by atoms with Gasteiger partial charge in [-0.05, 0) is 29.9 Å². The number of nitrogens with zero attached hydrogens (tertiary/aromatic N) is 4. The maximum atomic E-state index is 11.2. The minimum atomic E-state index is -0.600. The van der Waals surface area contributed by atoms with E-state index in [1.807, 2.05) is 31.4 Å². The molecule has 7 heteroatoms. The zero-order valence-electron chi connectivity index (χ0n) is 16.5. The van der Waals surface area contributed by atoms with Crippen molar-refractivity contribution in [2.45, 2.75) is 57.5 Å². The highest BCUT2D eigenvalue weighted by molar-refractivity contribution is 7.09. The number of carbonyl (C=O) groups is 1. The van der Waals surface area contributed by atoms with E-state index in [0.717, 1.165) is 29.1 Å². The molecule has 1 unspecified atom stereocenters. The molecule has 0 fully saturated rings. The number of hydrogen-bond acceptors (Lipinski definition) is 4. The Morgan fingerprint density at radius 2 is 2.18 bits per heavy atom. The van der Waals surface area contributed by atoms with Gasteiger partial charge in [0, 0.05) is 28.5 Å². The van der Waals surface area contributed by atoms with E-state index in [1.165, 1.54) is 0 Å². The number of hydrogen-bond donors (Lipinski definition) is 1. The van der Waals surface area contributed by atoms with Crippen LogP contribution < -0.4 is 0 Å². The van der Waals surface area contributed by atoms with Crippen molar-refractivity contribution >= 4 is 17.2 Å². The van der Waals surface area contributed by atoms with Gasteiger partial charge in [0.2, 0.25) is 5.91 Å². The molecule has 0 saturated heterocycles. The van der Waals surface area contributed by atoms with Gasteiger partial charge >= 0.3 is 0 Å². The molecule has 1 amide bonds. The summed E-state index contributed by atoms with van der Waals surface area (Å²) in [7, 11) is 0. The van der Waals surface area contributed by atoms with Crippen molar-refractivity contribution in [3.63, 3.8) is 0 Å². The lowest BCUT2D eigenvalue weighted by molar-refractivity contribution is -0.117. The van der Waals surface area contributed by atoms with Gasteiger partial charge in [0.25, 0.3) is 0 Å². The molecule has 0 radical (unpaired) electrons. The molecule has 0 aliphatic heterocycles. The van der Waals surface area contributed by atoms with E-state index in [0.29, 0.717) is 12.8 Å². The molecule has 0 aliphatic carbocycles. The number of aliphatic hydroxyl groups excluding tert-OH is 1. The predicted molar refractivity (Wildman–Crippen MR) is 115 cm³/mol. The summed E-state index contributed by atoms with van der Waals surface area (Å²) >= 11 is 1.56. The maximum absolute atomic E-state index is 11.2. The van der Waals surface area contributed by atoms with Crippen LogP contribution in [0.1, 0.15) is 50.2 Å². The van der Waals surface area contributed by atoms with E-state index in [2.05, 4.69) is 40.3 Å². The summed E-state index contributed by atoms with van der Waals surface area (Å²) in [5, 5.41) is 16.6. The zero-order chi connectivity index (χ0) is 21.0. The molecule has 0 spiro atoms. The van der Waals surface area contributed by atoms with Crippen LogP contribution in [-0.2, 0) is 16.6 Å². The number of rotatable bonds is 12. The third kappa shape index (κ3) is 8.05. The van der Waals surface area contributed by atoms with Crippen molar-refractivity contribution in [3.05, 3.63) is 75.6 Å². The van der Waals surface area contributed by atoms with Gasteiger partial charge in [0.1, 0.15) is 5.01 Å². The molecule has 0 aliphatic rings. The smallest absolute Gasteiger partial charge is 0.219 e. The standard InChI is InChI=1S/C21H28N4O2S/c1-5-6-7-8-11-17-15-28-20(23-17)21(3,4)18(26)12-9-10-16(2)13-14-19(27)24-25-22/h5,7-10,15,18,26H,1-2,6,11-14H2,3-4H3/b8-7+,10-9-. The van der Waals surface area contributed by atoms with Gasteiger partial charge in [-0.1, -0.05) is 56.4 Å². The monoisotopic (exact) mass is 400 g/mol. The third-order valence-corrected chi connectivity index (χ3v) is 5.49. The minimum absolute atomic E-state index is 0.129. The van der Waals surface area contributed by atoms with Gasteiger partial charge in [-0.2, -0.15) is 0 Å². The summed E-state index contributed by atoms with van der Waals surface area (Å²) in [6, 6.07) is 0. The number of aliphatic hydroxyl groups is 1. The highest BCUT2D eigenvalue weighted by atomic mass is 32.1. The van der Waals surface area contributed by atoms with Crippen LogP contribution in [0.25, 0.3) is 10.4 Å². The summed E-state index contributed by atoms with van der Waals surface area (Å²) < 4.78 is 0. The van der Waals surface area contributed by atoms with Crippen molar-refractivity contribution in [2.24, 2.45) is 5.11 Å². The minimum Gasteiger partial charge on any atom is -0.392 e. The summed E-state index contributed by atoms with van der Waals surface area (Å²) in [5.41, 5.74) is 9.47. The van der Waals surface area contributed by atoms with Gasteiger partial charge < -0.3 is 5.11 Å². The normalized spacial score (nSPS) is 12.8. The van der Waals surface area contributed by atoms with Crippen LogP contribution in [0.5, 0.6) is 0 Å². The Morgan fingerprint density at radius 1 is 1.43 bits per heavy atom. The molecule has 0 saturated carbocycles. The highest BCUT2D eigenvalue weighted by Gasteiger charge is 2.32. The van der Waals surface area contributed by atoms with Crippen LogP contribution in [0.2, 0.25) is 0 Å². The molecule has 150 valence electrons. The van der Waals surface area contributed by atoms with E-state index in [-0.39, 0.29) is 6.42 Å². The third-order valence-electron chi connectivity index (χ3n) is 4.26. The molecular formula is C21H28N4O2S. The Morgan fingerprint density at radius 3 is 2.86 bits per heavy atom. The Labute approximate surface area is 170 Å². The summed E-state index contributed by atoms with van der Waals surface area (Å²) in [6.45, 7) is 11.5. The molecule has 0 aromatic carbocycles. The molecule has 28 heavy (non-hydrogen) atoms. The molecular weight excluding hydrogens is 372 g/mol. The molecule has 1 aromatic heterocycles. The first-order valence-electron chi connectivity index (χ1n) is 9.12. The number of amides is 1. The van der Waals surface area contributed by atoms with Crippen molar-refractivity contribution in [2.75, 3.05) is 0 Å². The van der Waals surface area contributed by atoms with Crippen molar-refractivity contribution in [1.82, 2.24) is 4.98 Å². The highest BCUT2D eigenvalue weighted by Crippen LogP contribution is 2.32. The summed E-state index contributed by atoms with van der Waals surface area (Å²) in [4.78, 5) is 18.3. The fourth-order valence-electron chi connectivity index (χ4n) is 2.34. The van der Waals surface area contributed by atoms with Gasteiger partial charge in [0.15, 0.2) is 0 Å². The molecule has 1 N–H and O–H groups in total. The first-order valence-corrected chi connectivity index (χ1v) is 10.00. The quantitative estimate of drug-likeness (QED) is 0.163. The Balaban J connectivity index is 2.57. The second-order valence-electron chi connectivity index (χ2n) is 6.96. The van der Waals surface area contributed by atoms with Crippen LogP contribution in [0, 0.1) is 0 Å². The van der Waals surface area contributed by atoms with Crippen LogP contribution in [0.4, 0.5) is 0 Å². The average Bonchev–Trinajstić information content (AvgIpc) is 3.13. The zero-order valence-corrected chi connectivity index (χ0v) is 17.4. The summed E-state index contributed by atoms with van der Waals surface area (Å²) in [6.07, 6.45) is 11.6. The Kier molecular flexibility index (Phi) is 10.2. The van der Waals surface area contributed by atoms with Crippen molar-refractivity contribution < 1.29 is 9.90 Å². The van der Waals surface area contributed by atoms with E-state index >= 15 is 0 Å². The van der Waals surface area contributed by atoms with Crippen molar-refractivity contribution in [1.29, 1.82) is 0 Å². The van der Waals surface area contributed by atoms with E-state index in [4.69, 9.17) is 5.53 Å². The van der Waals surface area contributed by atoms with Crippen LogP contribution >= 0.6 is 11.3 Å². The lowest BCUT2D eigenvalue weighted by Crippen LogP contribution is -2.33. The first-order chi connectivity index (χ1) is 13.3. The van der Waals surface area contributed by atoms with Gasteiger partial charge in [0.05, 0.1) is 11.8 Å². The van der Waals surface area contributed by atoms with Gasteiger partial charge in [-0.3, -0.25) is 4.79 Å². The molecule has 1 heterocycles. The fourth-order valence-corrected chi connectivity index (χ4v) is 3.35. The van der Waals surface area contributed by atoms with E-state index < -0.39 is 17.4 Å². The van der Waals surface area contributed by atoms with Crippen LogP contribution in [0.3, 0.4) is 0 Å². The largest absolute Gasteiger partial charge is 0.392 e. The van der Waals surface area contributed by atoms with Crippen LogP contribution in [0.15, 0.2) is 59.6 Å².